The molecule has 0 aliphatic heterocycles. The van der Waals surface area contributed by atoms with Crippen LogP contribution in [0.15, 0.2) is 6.33 Å². The van der Waals surface area contributed by atoms with Crippen LogP contribution >= 0.6 is 0 Å². The van der Waals surface area contributed by atoms with Gasteiger partial charge in [0.05, 0.1) is 12.4 Å². The van der Waals surface area contributed by atoms with Crippen LogP contribution in [0.2, 0.25) is 0 Å². The van der Waals surface area contributed by atoms with Crippen molar-refractivity contribution in [2.75, 3.05) is 26.0 Å². The Morgan fingerprint density at radius 3 is 3.00 bits per heavy atom. The maximum Gasteiger partial charge on any atom is 0.213 e. The Morgan fingerprint density at radius 2 is 2.38 bits per heavy atom. The van der Waals surface area contributed by atoms with Gasteiger partial charge in [0.1, 0.15) is 12.2 Å². The van der Waals surface area contributed by atoms with Gasteiger partial charge in [-0.3, -0.25) is 5.10 Å². The number of sulfonamides is 1. The average molecular weight is 248 g/mol. The number of H-pyrrole nitrogens is 1. The molecule has 0 amide bonds. The van der Waals surface area contributed by atoms with Crippen molar-refractivity contribution in [3.05, 3.63) is 12.2 Å². The second kappa shape index (κ2) is 6.56. The van der Waals surface area contributed by atoms with Gasteiger partial charge in [0.2, 0.25) is 10.0 Å². The van der Waals surface area contributed by atoms with Crippen LogP contribution in [0.5, 0.6) is 0 Å². The predicted octanol–water partition coefficient (Wildman–Crippen LogP) is -0.697. The van der Waals surface area contributed by atoms with Crippen molar-refractivity contribution in [2.24, 2.45) is 0 Å². The van der Waals surface area contributed by atoms with E-state index >= 15 is 0 Å². The lowest BCUT2D eigenvalue weighted by Crippen LogP contribution is -2.29. The molecule has 1 rings (SSSR count). The van der Waals surface area contributed by atoms with E-state index in [1.54, 1.807) is 0 Å². The zero-order valence-electron chi connectivity index (χ0n) is 9.14. The first-order valence-corrected chi connectivity index (χ1v) is 6.60. The van der Waals surface area contributed by atoms with Gasteiger partial charge in [-0.25, -0.2) is 18.1 Å². The SMILES string of the molecule is COCCS(=O)(=O)NCCCc1ncn[nH]1. The zero-order valence-corrected chi connectivity index (χ0v) is 9.96. The number of nitrogens with zero attached hydrogens (tertiary/aromatic N) is 2. The van der Waals surface area contributed by atoms with E-state index in [9.17, 15) is 8.42 Å². The monoisotopic (exact) mass is 248 g/mol. The quantitative estimate of drug-likeness (QED) is 0.593. The molecular weight excluding hydrogens is 232 g/mol. The van der Waals surface area contributed by atoms with Crippen LogP contribution in [-0.4, -0.2) is 49.6 Å². The Balaban J connectivity index is 2.15. The third-order valence-corrected chi connectivity index (χ3v) is 3.28. The largest absolute Gasteiger partial charge is 0.384 e. The minimum Gasteiger partial charge on any atom is -0.384 e. The Bertz CT molecular complexity index is 376. The molecule has 8 heteroatoms. The van der Waals surface area contributed by atoms with E-state index in [1.165, 1.54) is 13.4 Å². The van der Waals surface area contributed by atoms with E-state index in [2.05, 4.69) is 19.9 Å². The van der Waals surface area contributed by atoms with Gasteiger partial charge in [0, 0.05) is 20.1 Å². The van der Waals surface area contributed by atoms with Crippen molar-refractivity contribution in [1.82, 2.24) is 19.9 Å². The lowest BCUT2D eigenvalue weighted by molar-refractivity contribution is 0.217. The van der Waals surface area contributed by atoms with Crippen molar-refractivity contribution < 1.29 is 13.2 Å². The molecular formula is C8H16N4O3S. The first-order valence-electron chi connectivity index (χ1n) is 4.94. The maximum atomic E-state index is 11.3. The smallest absolute Gasteiger partial charge is 0.213 e. The number of aromatic amines is 1. The second-order valence-corrected chi connectivity index (χ2v) is 5.17. The van der Waals surface area contributed by atoms with E-state index < -0.39 is 10.0 Å². The zero-order chi connectivity index (χ0) is 11.9. The molecule has 0 saturated carbocycles. The highest BCUT2D eigenvalue weighted by Crippen LogP contribution is 1.93. The van der Waals surface area contributed by atoms with Crippen LogP contribution in [0.4, 0.5) is 0 Å². The summed E-state index contributed by atoms with van der Waals surface area (Å²) in [7, 11) is -1.73. The lowest BCUT2D eigenvalue weighted by atomic mass is 10.3. The van der Waals surface area contributed by atoms with E-state index in [0.717, 1.165) is 5.82 Å². The molecule has 0 aliphatic carbocycles. The lowest BCUT2D eigenvalue weighted by Gasteiger charge is -2.04. The molecule has 7 nitrogen and oxygen atoms in total. The number of hydrogen-bond acceptors (Lipinski definition) is 5. The topological polar surface area (TPSA) is 97.0 Å². The number of methoxy groups -OCH3 is 1. The first-order chi connectivity index (χ1) is 7.64. The molecule has 0 radical (unpaired) electrons. The van der Waals surface area contributed by atoms with Crippen molar-refractivity contribution in [3.8, 4) is 0 Å². The van der Waals surface area contributed by atoms with Crippen LogP contribution in [0.3, 0.4) is 0 Å². The van der Waals surface area contributed by atoms with Crippen molar-refractivity contribution in [2.45, 2.75) is 12.8 Å². The van der Waals surface area contributed by atoms with Crippen LogP contribution in [0, 0.1) is 0 Å². The van der Waals surface area contributed by atoms with E-state index in [4.69, 9.17) is 4.74 Å². The van der Waals surface area contributed by atoms with Gasteiger partial charge < -0.3 is 4.74 Å². The minimum atomic E-state index is -3.21. The average Bonchev–Trinajstić information content (AvgIpc) is 2.75. The summed E-state index contributed by atoms with van der Waals surface area (Å²) in [6.07, 6.45) is 2.78. The summed E-state index contributed by atoms with van der Waals surface area (Å²) in [5.41, 5.74) is 0. The van der Waals surface area contributed by atoms with Gasteiger partial charge >= 0.3 is 0 Å². The highest BCUT2D eigenvalue weighted by Gasteiger charge is 2.08. The van der Waals surface area contributed by atoms with Gasteiger partial charge in [0.15, 0.2) is 0 Å². The van der Waals surface area contributed by atoms with Gasteiger partial charge in [-0.15, -0.1) is 0 Å². The van der Waals surface area contributed by atoms with Gasteiger partial charge in [0.25, 0.3) is 0 Å². The Labute approximate surface area is 94.7 Å². The number of rotatable bonds is 8. The fourth-order valence-electron chi connectivity index (χ4n) is 1.10. The molecule has 16 heavy (non-hydrogen) atoms. The van der Waals surface area contributed by atoms with Gasteiger partial charge in [-0.1, -0.05) is 0 Å². The Hall–Kier alpha value is -0.990. The second-order valence-electron chi connectivity index (χ2n) is 3.24. The minimum absolute atomic E-state index is 0.00813. The first kappa shape index (κ1) is 13.1. The fourth-order valence-corrected chi connectivity index (χ4v) is 2.09. The van der Waals surface area contributed by atoms with Gasteiger partial charge in [-0.2, -0.15) is 5.10 Å². The standard InChI is InChI=1S/C8H16N4O3S/c1-15-5-6-16(13,14)11-4-2-3-8-9-7-10-12-8/h7,11H,2-6H2,1H3,(H,9,10,12). The summed E-state index contributed by atoms with van der Waals surface area (Å²) in [5, 5.41) is 6.41. The molecule has 0 aliphatic rings. The molecule has 2 N–H and O–H groups in total. The number of aromatic nitrogens is 3. The molecule has 0 unspecified atom stereocenters. The summed E-state index contributed by atoms with van der Waals surface area (Å²) < 4.78 is 29.8. The van der Waals surface area contributed by atoms with E-state index in [1.807, 2.05) is 0 Å². The van der Waals surface area contributed by atoms with E-state index in [-0.39, 0.29) is 12.4 Å². The highest BCUT2D eigenvalue weighted by atomic mass is 32.2. The molecule has 0 fully saturated rings. The molecule has 1 aromatic heterocycles. The van der Waals surface area contributed by atoms with Crippen molar-refractivity contribution >= 4 is 10.0 Å². The fraction of sp³-hybridized carbons (Fsp3) is 0.750. The number of hydrogen-bond donors (Lipinski definition) is 2. The number of nitrogens with one attached hydrogen (secondary N) is 2. The van der Waals surface area contributed by atoms with Crippen molar-refractivity contribution in [1.29, 1.82) is 0 Å². The number of ether oxygens (including phenoxy) is 1. The van der Waals surface area contributed by atoms with Crippen LogP contribution in [0.1, 0.15) is 12.2 Å². The summed E-state index contributed by atoms with van der Waals surface area (Å²) in [5.74, 6) is 0.752. The summed E-state index contributed by atoms with van der Waals surface area (Å²) >= 11 is 0. The Morgan fingerprint density at radius 1 is 1.56 bits per heavy atom. The van der Waals surface area contributed by atoms with Crippen LogP contribution in [0.25, 0.3) is 0 Å². The molecule has 0 atom stereocenters. The predicted molar refractivity (Wildman–Crippen MR) is 58.4 cm³/mol. The molecule has 0 spiro atoms. The van der Waals surface area contributed by atoms with Crippen molar-refractivity contribution in [3.63, 3.8) is 0 Å². The summed E-state index contributed by atoms with van der Waals surface area (Å²) in [6, 6.07) is 0. The highest BCUT2D eigenvalue weighted by molar-refractivity contribution is 7.89. The van der Waals surface area contributed by atoms with Crippen LogP contribution in [-0.2, 0) is 21.2 Å². The van der Waals surface area contributed by atoms with Crippen LogP contribution < -0.4 is 4.72 Å². The van der Waals surface area contributed by atoms with Gasteiger partial charge in [-0.05, 0) is 6.42 Å². The summed E-state index contributed by atoms with van der Waals surface area (Å²) in [6.45, 7) is 0.601. The molecule has 1 heterocycles. The summed E-state index contributed by atoms with van der Waals surface area (Å²) in [4.78, 5) is 3.94. The normalized spacial score (nSPS) is 11.8. The molecule has 92 valence electrons. The van der Waals surface area contributed by atoms with E-state index in [0.29, 0.717) is 19.4 Å². The molecule has 1 aromatic rings. The molecule has 0 aromatic carbocycles. The molecule has 0 bridgehead atoms. The number of aryl methyl sites for hydroxylation is 1. The maximum absolute atomic E-state index is 11.3. The third kappa shape index (κ3) is 5.19. The Kier molecular flexibility index (Phi) is 5.36. The third-order valence-electron chi connectivity index (χ3n) is 1.93. The molecule has 0 saturated heterocycles.